The van der Waals surface area contributed by atoms with E-state index in [0.717, 1.165) is 35.5 Å². The largest absolute Gasteiger partial charge is 0.483 e. The van der Waals surface area contributed by atoms with Crippen molar-refractivity contribution in [1.82, 2.24) is 0 Å². The molecule has 2 unspecified atom stereocenters. The number of hydrogen-bond acceptors (Lipinski definition) is 5. The molecule has 3 aromatic carbocycles. The van der Waals surface area contributed by atoms with Crippen molar-refractivity contribution in [2.75, 3.05) is 18.5 Å². The Balaban J connectivity index is 1.63. The number of esters is 1. The number of carbonyl (C=O) groups is 1. The minimum atomic E-state index is -0.773. The highest BCUT2D eigenvalue weighted by atomic mass is 16.6. The van der Waals surface area contributed by atoms with Gasteiger partial charge in [0.25, 0.3) is 0 Å². The first-order valence-corrected chi connectivity index (χ1v) is 11.9. The molecule has 0 saturated carbocycles. The summed E-state index contributed by atoms with van der Waals surface area (Å²) in [6, 6.07) is 23.6. The Kier molecular flexibility index (Phi) is 7.23. The van der Waals surface area contributed by atoms with E-state index in [1.807, 2.05) is 69.3 Å². The second-order valence-electron chi connectivity index (χ2n) is 9.21. The predicted molar refractivity (Wildman–Crippen MR) is 135 cm³/mol. The van der Waals surface area contributed by atoms with E-state index in [0.29, 0.717) is 12.2 Å². The summed E-state index contributed by atoms with van der Waals surface area (Å²) >= 11 is 0. The number of fused-ring (bicyclic) bond motifs is 1. The van der Waals surface area contributed by atoms with Crippen LogP contribution in [0.4, 0.5) is 5.69 Å². The number of nitrogens with one attached hydrogen (secondary N) is 1. The Morgan fingerprint density at radius 1 is 1.03 bits per heavy atom. The van der Waals surface area contributed by atoms with Crippen LogP contribution in [0.5, 0.6) is 5.75 Å². The van der Waals surface area contributed by atoms with Crippen LogP contribution in [0.2, 0.25) is 0 Å². The third kappa shape index (κ3) is 5.42. The van der Waals surface area contributed by atoms with E-state index >= 15 is 0 Å². The molecule has 1 heterocycles. The van der Waals surface area contributed by atoms with Crippen molar-refractivity contribution >= 4 is 11.7 Å². The van der Waals surface area contributed by atoms with Gasteiger partial charge < -0.3 is 19.5 Å². The topological polar surface area (TPSA) is 56.8 Å². The van der Waals surface area contributed by atoms with Gasteiger partial charge in [-0.05, 0) is 70.0 Å². The summed E-state index contributed by atoms with van der Waals surface area (Å²) in [5.41, 5.74) is 3.88. The van der Waals surface area contributed by atoms with Crippen LogP contribution < -0.4 is 10.1 Å². The van der Waals surface area contributed by atoms with Gasteiger partial charge in [0, 0.05) is 17.8 Å². The lowest BCUT2D eigenvalue weighted by Crippen LogP contribution is -2.51. The van der Waals surface area contributed by atoms with E-state index in [1.54, 1.807) is 12.1 Å². The number of rotatable bonds is 8. The average Bonchev–Trinajstić information content (AvgIpc) is 2.82. The highest BCUT2D eigenvalue weighted by Gasteiger charge is 2.47. The van der Waals surface area contributed by atoms with Gasteiger partial charge in [-0.1, -0.05) is 48.0 Å². The Bertz CT molecular complexity index is 1110. The van der Waals surface area contributed by atoms with Crippen molar-refractivity contribution in [2.24, 2.45) is 0 Å². The molecule has 0 fully saturated rings. The van der Waals surface area contributed by atoms with Gasteiger partial charge in [0.15, 0.2) is 6.10 Å². The van der Waals surface area contributed by atoms with Crippen molar-refractivity contribution in [3.05, 3.63) is 95.1 Å². The van der Waals surface area contributed by atoms with Gasteiger partial charge in [-0.25, -0.2) is 4.79 Å². The molecule has 1 aliphatic heterocycles. The van der Waals surface area contributed by atoms with Crippen molar-refractivity contribution in [3.63, 3.8) is 0 Å². The molecule has 34 heavy (non-hydrogen) atoms. The minimum absolute atomic E-state index is 0.385. The highest BCUT2D eigenvalue weighted by Crippen LogP contribution is 2.44. The SMILES string of the molecule is CCNc1ccc2c(c1)C(OCCc1ccccc1)C(OC(=O)c1ccc(C)cc1)C(C)(C)O2. The van der Waals surface area contributed by atoms with Gasteiger partial charge in [-0.2, -0.15) is 0 Å². The first-order valence-electron chi connectivity index (χ1n) is 11.9. The van der Waals surface area contributed by atoms with Crippen LogP contribution in [-0.4, -0.2) is 30.8 Å². The summed E-state index contributed by atoms with van der Waals surface area (Å²) in [7, 11) is 0. The highest BCUT2D eigenvalue weighted by molar-refractivity contribution is 5.89. The summed E-state index contributed by atoms with van der Waals surface area (Å²) in [4.78, 5) is 13.1. The molecule has 1 N–H and O–H groups in total. The zero-order valence-corrected chi connectivity index (χ0v) is 20.3. The van der Waals surface area contributed by atoms with Crippen LogP contribution in [0.3, 0.4) is 0 Å². The van der Waals surface area contributed by atoms with Crippen LogP contribution in [0, 0.1) is 6.92 Å². The van der Waals surface area contributed by atoms with Crippen LogP contribution in [0.15, 0.2) is 72.8 Å². The predicted octanol–water partition coefficient (Wildman–Crippen LogP) is 6.12. The normalized spacial score (nSPS) is 18.5. The third-order valence-electron chi connectivity index (χ3n) is 6.08. The van der Waals surface area contributed by atoms with Crippen LogP contribution in [-0.2, 0) is 15.9 Å². The Hall–Kier alpha value is -3.31. The summed E-state index contributed by atoms with van der Waals surface area (Å²) in [6.45, 7) is 9.22. The van der Waals surface area contributed by atoms with Gasteiger partial charge in [0.05, 0.1) is 12.2 Å². The maximum absolute atomic E-state index is 13.1. The number of anilines is 1. The van der Waals surface area contributed by atoms with E-state index in [2.05, 4.69) is 24.4 Å². The van der Waals surface area contributed by atoms with Gasteiger partial charge >= 0.3 is 5.97 Å². The molecular weight excluding hydrogens is 426 g/mol. The summed E-state index contributed by atoms with van der Waals surface area (Å²) in [5.74, 6) is 0.364. The monoisotopic (exact) mass is 459 g/mol. The molecule has 0 radical (unpaired) electrons. The molecular formula is C29H33NO4. The van der Waals surface area contributed by atoms with Gasteiger partial charge in [0.2, 0.25) is 0 Å². The Labute approximate surface area is 202 Å². The van der Waals surface area contributed by atoms with E-state index in [4.69, 9.17) is 14.2 Å². The number of benzene rings is 3. The molecule has 2 atom stereocenters. The molecule has 0 saturated heterocycles. The van der Waals surface area contributed by atoms with Crippen LogP contribution >= 0.6 is 0 Å². The van der Waals surface area contributed by atoms with Crippen molar-refractivity contribution < 1.29 is 19.0 Å². The molecule has 178 valence electrons. The molecule has 0 amide bonds. The molecule has 4 rings (SSSR count). The van der Waals surface area contributed by atoms with Crippen molar-refractivity contribution in [2.45, 2.75) is 51.9 Å². The number of hydrogen-bond donors (Lipinski definition) is 1. The van der Waals surface area contributed by atoms with Crippen LogP contribution in [0.25, 0.3) is 0 Å². The smallest absolute Gasteiger partial charge is 0.338 e. The lowest BCUT2D eigenvalue weighted by Gasteiger charge is -2.43. The standard InChI is InChI=1S/C29H33NO4/c1-5-30-23-15-16-25-24(19-23)26(32-18-17-21-9-7-6-8-10-21)27(29(3,4)34-25)33-28(31)22-13-11-20(2)12-14-22/h6-16,19,26-27,30H,5,17-18H2,1-4H3. The zero-order chi connectivity index (χ0) is 24.1. The third-order valence-corrected chi connectivity index (χ3v) is 6.08. The number of carbonyl (C=O) groups excluding carboxylic acids is 1. The quantitative estimate of drug-likeness (QED) is 0.411. The average molecular weight is 460 g/mol. The first kappa shape index (κ1) is 23.8. The van der Waals surface area contributed by atoms with Gasteiger partial charge in [-0.3, -0.25) is 0 Å². The zero-order valence-electron chi connectivity index (χ0n) is 20.3. The number of aryl methyl sites for hydroxylation is 1. The first-order chi connectivity index (χ1) is 16.4. The summed E-state index contributed by atoms with van der Waals surface area (Å²) in [5, 5.41) is 3.35. The molecule has 0 aliphatic carbocycles. The Morgan fingerprint density at radius 3 is 2.47 bits per heavy atom. The molecule has 1 aliphatic rings. The van der Waals surface area contributed by atoms with E-state index in [1.165, 1.54) is 5.56 Å². The molecule has 5 heteroatoms. The van der Waals surface area contributed by atoms with Gasteiger partial charge in [-0.15, -0.1) is 0 Å². The summed E-state index contributed by atoms with van der Waals surface area (Å²) < 4.78 is 18.9. The van der Waals surface area contributed by atoms with E-state index < -0.39 is 17.8 Å². The van der Waals surface area contributed by atoms with Crippen molar-refractivity contribution in [1.29, 1.82) is 0 Å². The van der Waals surface area contributed by atoms with Crippen molar-refractivity contribution in [3.8, 4) is 5.75 Å². The van der Waals surface area contributed by atoms with E-state index in [9.17, 15) is 4.79 Å². The molecule has 5 nitrogen and oxygen atoms in total. The number of ether oxygens (including phenoxy) is 3. The Morgan fingerprint density at radius 2 is 1.76 bits per heavy atom. The maximum Gasteiger partial charge on any atom is 0.338 e. The molecule has 0 aromatic heterocycles. The molecule has 0 spiro atoms. The molecule has 0 bridgehead atoms. The fourth-order valence-corrected chi connectivity index (χ4v) is 4.25. The fourth-order valence-electron chi connectivity index (χ4n) is 4.25. The lowest BCUT2D eigenvalue weighted by atomic mass is 9.87. The second-order valence-corrected chi connectivity index (χ2v) is 9.21. The summed E-state index contributed by atoms with van der Waals surface area (Å²) in [6.07, 6.45) is -0.323. The second kappa shape index (κ2) is 10.3. The van der Waals surface area contributed by atoms with Crippen LogP contribution in [0.1, 0.15) is 53.9 Å². The molecule has 3 aromatic rings. The van der Waals surface area contributed by atoms with E-state index in [-0.39, 0.29) is 5.97 Å². The van der Waals surface area contributed by atoms with Gasteiger partial charge in [0.1, 0.15) is 17.5 Å². The fraction of sp³-hybridized carbons (Fsp3) is 0.345. The maximum atomic E-state index is 13.1. The lowest BCUT2D eigenvalue weighted by molar-refractivity contribution is -0.139. The minimum Gasteiger partial charge on any atom is -0.483 e.